The van der Waals surface area contributed by atoms with Crippen LogP contribution in [0, 0.1) is 0 Å². The van der Waals surface area contributed by atoms with Crippen LogP contribution in [0.2, 0.25) is 0 Å². The highest BCUT2D eigenvalue weighted by Crippen LogP contribution is 2.31. The van der Waals surface area contributed by atoms with Gasteiger partial charge in [-0.2, -0.15) is 13.2 Å². The lowest BCUT2D eigenvalue weighted by atomic mass is 10.1. The van der Waals surface area contributed by atoms with E-state index in [1.807, 2.05) is 0 Å². The summed E-state index contributed by atoms with van der Waals surface area (Å²) in [7, 11) is 0. The lowest BCUT2D eigenvalue weighted by Gasteiger charge is -2.11. The van der Waals surface area contributed by atoms with E-state index in [9.17, 15) is 27.9 Å². The first-order chi connectivity index (χ1) is 13.1. The summed E-state index contributed by atoms with van der Waals surface area (Å²) >= 11 is 0. The first-order valence-corrected chi connectivity index (χ1v) is 7.83. The molecule has 28 heavy (non-hydrogen) atoms. The van der Waals surface area contributed by atoms with Crippen molar-refractivity contribution in [1.29, 1.82) is 0 Å². The molecule has 0 fully saturated rings. The van der Waals surface area contributed by atoms with E-state index < -0.39 is 29.4 Å². The lowest BCUT2D eigenvalue weighted by molar-refractivity contribution is -0.138. The minimum absolute atomic E-state index is 0.0861. The van der Waals surface area contributed by atoms with Crippen LogP contribution in [0.4, 0.5) is 24.7 Å². The van der Waals surface area contributed by atoms with E-state index in [2.05, 4.69) is 15.3 Å². The molecule has 0 spiro atoms. The minimum Gasteiger partial charge on any atom is -0.481 e. The monoisotopic (exact) mass is 391 g/mol. The molecule has 0 aliphatic heterocycles. The zero-order valence-electron chi connectivity index (χ0n) is 14.0. The topological polar surface area (TPSA) is 112 Å². The molecule has 0 aliphatic carbocycles. The average molecular weight is 391 g/mol. The fraction of sp³-hybridized carbons (Fsp3) is 0.111. The number of aliphatic carboxylic acids is 1. The normalized spacial score (nSPS) is 11.4. The number of anilines is 2. The summed E-state index contributed by atoms with van der Waals surface area (Å²) in [6.45, 7) is 0. The summed E-state index contributed by atoms with van der Waals surface area (Å²) < 4.78 is 38.5. The number of nitrogens with zero attached hydrogens (tertiary/aromatic N) is 2. The van der Waals surface area contributed by atoms with Crippen LogP contribution in [-0.2, 0) is 17.4 Å². The predicted octanol–water partition coefficient (Wildman–Crippen LogP) is 3.72. The van der Waals surface area contributed by atoms with E-state index in [1.54, 1.807) is 12.1 Å². The van der Waals surface area contributed by atoms with Gasteiger partial charge < -0.3 is 15.5 Å². The van der Waals surface area contributed by atoms with Gasteiger partial charge in [-0.15, -0.1) is 0 Å². The van der Waals surface area contributed by atoms with Gasteiger partial charge in [-0.3, -0.25) is 4.79 Å². The Kier molecular flexibility index (Phi) is 4.87. The molecule has 2 aromatic carbocycles. The number of benzene rings is 2. The molecule has 0 atom stereocenters. The molecule has 1 aromatic heterocycles. The number of carbonyl (C=O) groups is 2. The van der Waals surface area contributed by atoms with Crippen molar-refractivity contribution in [2.45, 2.75) is 12.6 Å². The molecular weight excluding hydrogens is 379 g/mol. The van der Waals surface area contributed by atoms with Gasteiger partial charge in [0.1, 0.15) is 0 Å². The molecule has 1 heterocycles. The van der Waals surface area contributed by atoms with Crippen LogP contribution in [-0.4, -0.2) is 32.1 Å². The van der Waals surface area contributed by atoms with Crippen LogP contribution < -0.4 is 5.32 Å². The summed E-state index contributed by atoms with van der Waals surface area (Å²) in [5.41, 5.74) is -0.655. The molecule has 3 aromatic rings. The smallest absolute Gasteiger partial charge is 0.416 e. The molecule has 0 saturated heterocycles. The van der Waals surface area contributed by atoms with Crippen molar-refractivity contribution in [3.63, 3.8) is 0 Å². The SMILES string of the molecule is O=C(O)Cc1ccc(Nc2nc3ccc(C(F)(F)F)cc3nc2C(=O)O)cc1. The Labute approximate surface area is 155 Å². The Bertz CT molecular complexity index is 1070. The van der Waals surface area contributed by atoms with E-state index in [0.29, 0.717) is 11.3 Å². The van der Waals surface area contributed by atoms with Crippen molar-refractivity contribution < 1.29 is 33.0 Å². The Morgan fingerprint density at radius 3 is 2.21 bits per heavy atom. The van der Waals surface area contributed by atoms with E-state index >= 15 is 0 Å². The molecule has 0 radical (unpaired) electrons. The number of carboxylic acid groups (broad SMARTS) is 2. The fourth-order valence-corrected chi connectivity index (χ4v) is 2.48. The standard InChI is InChI=1S/C18H12F3N3O4/c19-18(20,21)10-3-6-12-13(8-10)23-15(17(27)28)16(24-12)22-11-4-1-9(2-5-11)7-14(25)26/h1-6,8H,7H2,(H,22,24)(H,25,26)(H,27,28). The van der Waals surface area contributed by atoms with E-state index in [4.69, 9.17) is 5.11 Å². The molecule has 0 aliphatic rings. The fourth-order valence-electron chi connectivity index (χ4n) is 2.48. The Hall–Kier alpha value is -3.69. The van der Waals surface area contributed by atoms with Gasteiger partial charge in [0.2, 0.25) is 0 Å². The first-order valence-electron chi connectivity index (χ1n) is 7.83. The van der Waals surface area contributed by atoms with Crippen molar-refractivity contribution in [3.8, 4) is 0 Å². The van der Waals surface area contributed by atoms with E-state index in [1.165, 1.54) is 12.1 Å². The highest BCUT2D eigenvalue weighted by molar-refractivity contribution is 5.95. The number of fused-ring (bicyclic) bond motifs is 1. The molecule has 0 amide bonds. The Balaban J connectivity index is 1.99. The van der Waals surface area contributed by atoms with Gasteiger partial charge in [0.15, 0.2) is 11.5 Å². The van der Waals surface area contributed by atoms with Gasteiger partial charge >= 0.3 is 18.1 Å². The third-order valence-electron chi connectivity index (χ3n) is 3.77. The molecule has 3 rings (SSSR count). The summed E-state index contributed by atoms with van der Waals surface area (Å²) in [5, 5.41) is 20.9. The Morgan fingerprint density at radius 1 is 0.964 bits per heavy atom. The lowest BCUT2D eigenvalue weighted by Crippen LogP contribution is -2.10. The number of carboxylic acids is 2. The van der Waals surface area contributed by atoms with Gasteiger partial charge in [-0.25, -0.2) is 14.8 Å². The molecule has 10 heteroatoms. The summed E-state index contributed by atoms with van der Waals surface area (Å²) in [6, 6.07) is 8.83. The van der Waals surface area contributed by atoms with Crippen LogP contribution in [0.1, 0.15) is 21.6 Å². The summed E-state index contributed by atoms with van der Waals surface area (Å²) in [4.78, 5) is 30.1. The second kappa shape index (κ2) is 7.14. The second-order valence-corrected chi connectivity index (χ2v) is 5.82. The quantitative estimate of drug-likeness (QED) is 0.608. The van der Waals surface area contributed by atoms with Crippen LogP contribution in [0.3, 0.4) is 0 Å². The van der Waals surface area contributed by atoms with Gasteiger partial charge in [-0.1, -0.05) is 12.1 Å². The maximum Gasteiger partial charge on any atom is 0.416 e. The number of rotatable bonds is 5. The third kappa shape index (κ3) is 4.17. The first kappa shape index (κ1) is 19.1. The van der Waals surface area contributed by atoms with Crippen molar-refractivity contribution >= 4 is 34.5 Å². The zero-order chi connectivity index (χ0) is 20.5. The number of nitrogens with one attached hydrogen (secondary N) is 1. The number of hydrogen-bond donors (Lipinski definition) is 3. The Morgan fingerprint density at radius 2 is 1.64 bits per heavy atom. The van der Waals surface area contributed by atoms with Gasteiger partial charge in [0.05, 0.1) is 23.0 Å². The van der Waals surface area contributed by atoms with Crippen LogP contribution in [0.5, 0.6) is 0 Å². The van der Waals surface area contributed by atoms with Gasteiger partial charge in [0.25, 0.3) is 0 Å². The second-order valence-electron chi connectivity index (χ2n) is 5.82. The molecule has 144 valence electrons. The average Bonchev–Trinajstić information content (AvgIpc) is 2.61. The van der Waals surface area contributed by atoms with Crippen LogP contribution in [0.25, 0.3) is 11.0 Å². The number of aromatic carboxylic acids is 1. The van der Waals surface area contributed by atoms with Crippen molar-refractivity contribution in [2.24, 2.45) is 0 Å². The summed E-state index contributed by atoms with van der Waals surface area (Å²) in [5.74, 6) is -2.60. The van der Waals surface area contributed by atoms with Crippen LogP contribution >= 0.6 is 0 Å². The van der Waals surface area contributed by atoms with E-state index in [0.717, 1.165) is 18.2 Å². The van der Waals surface area contributed by atoms with Crippen molar-refractivity contribution in [2.75, 3.05) is 5.32 Å². The number of hydrogen-bond acceptors (Lipinski definition) is 5. The maximum atomic E-state index is 12.8. The number of aromatic nitrogens is 2. The highest BCUT2D eigenvalue weighted by Gasteiger charge is 2.31. The zero-order valence-corrected chi connectivity index (χ0v) is 14.0. The molecule has 3 N–H and O–H groups in total. The largest absolute Gasteiger partial charge is 0.481 e. The van der Waals surface area contributed by atoms with Gasteiger partial charge in [-0.05, 0) is 35.9 Å². The van der Waals surface area contributed by atoms with Crippen molar-refractivity contribution in [1.82, 2.24) is 9.97 Å². The molecular formula is C18H12F3N3O4. The van der Waals surface area contributed by atoms with Crippen molar-refractivity contribution in [3.05, 3.63) is 59.3 Å². The van der Waals surface area contributed by atoms with Gasteiger partial charge in [0, 0.05) is 5.69 Å². The molecule has 0 unspecified atom stereocenters. The number of halogens is 3. The highest BCUT2D eigenvalue weighted by atomic mass is 19.4. The molecule has 0 saturated carbocycles. The van der Waals surface area contributed by atoms with E-state index in [-0.39, 0.29) is 23.3 Å². The third-order valence-corrected chi connectivity index (χ3v) is 3.77. The molecule has 0 bridgehead atoms. The molecule has 7 nitrogen and oxygen atoms in total. The number of alkyl halides is 3. The minimum atomic E-state index is -4.59. The maximum absolute atomic E-state index is 12.8. The predicted molar refractivity (Wildman–Crippen MR) is 92.6 cm³/mol. The van der Waals surface area contributed by atoms with Crippen LogP contribution in [0.15, 0.2) is 42.5 Å². The summed E-state index contributed by atoms with van der Waals surface area (Å²) in [6.07, 6.45) is -4.76.